The monoisotopic (exact) mass is 263 g/mol. The molecule has 3 heteroatoms. The molecule has 0 unspecified atom stereocenters. The maximum absolute atomic E-state index is 8.89. The summed E-state index contributed by atoms with van der Waals surface area (Å²) in [6.07, 6.45) is 0. The molecule has 1 aromatic heterocycles. The van der Waals surface area contributed by atoms with Crippen LogP contribution in [0.2, 0.25) is 0 Å². The summed E-state index contributed by atoms with van der Waals surface area (Å²) in [5, 5.41) is 9.94. The third kappa shape index (κ3) is 1.37. The molecule has 1 aromatic carbocycles. The topological polar surface area (TPSA) is 36.9 Å². The number of nitriles is 1. The zero-order valence-corrected chi connectivity index (χ0v) is 10.4. The van der Waals surface area contributed by atoms with E-state index < -0.39 is 0 Å². The summed E-state index contributed by atoms with van der Waals surface area (Å²) in [6, 6.07) is 4.03. The van der Waals surface area contributed by atoms with Crippen LogP contribution in [0.25, 0.3) is 11.0 Å². The van der Waals surface area contributed by atoms with Gasteiger partial charge in [0.2, 0.25) is 5.76 Å². The van der Waals surface area contributed by atoms with Crippen LogP contribution < -0.4 is 0 Å². The number of aryl methyl sites for hydroxylation is 3. The minimum Gasteiger partial charge on any atom is -0.445 e. The van der Waals surface area contributed by atoms with E-state index in [1.54, 1.807) is 0 Å². The van der Waals surface area contributed by atoms with Gasteiger partial charge in [-0.15, -0.1) is 0 Å². The van der Waals surface area contributed by atoms with Crippen LogP contribution in [0.4, 0.5) is 0 Å². The molecular formula is C12H10BrNO. The van der Waals surface area contributed by atoms with Crippen molar-refractivity contribution < 1.29 is 4.42 Å². The fourth-order valence-corrected chi connectivity index (χ4v) is 2.19. The number of hydrogen-bond donors (Lipinski definition) is 0. The molecule has 2 aromatic rings. The van der Waals surface area contributed by atoms with E-state index in [-0.39, 0.29) is 0 Å². The number of hydrogen-bond acceptors (Lipinski definition) is 2. The quantitative estimate of drug-likeness (QED) is 0.721. The molecule has 0 spiro atoms. The number of nitrogens with zero attached hydrogens (tertiary/aromatic N) is 1. The Morgan fingerprint density at radius 1 is 1.27 bits per heavy atom. The molecule has 0 saturated heterocycles. The molecule has 0 atom stereocenters. The Hall–Kier alpha value is -1.27. The molecule has 0 fully saturated rings. The van der Waals surface area contributed by atoms with Crippen molar-refractivity contribution in [1.82, 2.24) is 0 Å². The van der Waals surface area contributed by atoms with Crippen LogP contribution in [0.3, 0.4) is 0 Å². The van der Waals surface area contributed by atoms with E-state index in [2.05, 4.69) is 22.0 Å². The van der Waals surface area contributed by atoms with Crippen molar-refractivity contribution in [3.8, 4) is 6.07 Å². The lowest BCUT2D eigenvalue weighted by Gasteiger charge is -2.03. The van der Waals surface area contributed by atoms with E-state index in [0.29, 0.717) is 5.76 Å². The average Bonchev–Trinajstić information content (AvgIpc) is 2.52. The second-order valence-electron chi connectivity index (χ2n) is 3.67. The van der Waals surface area contributed by atoms with Crippen molar-refractivity contribution in [2.45, 2.75) is 20.8 Å². The van der Waals surface area contributed by atoms with Gasteiger partial charge in [-0.05, 0) is 38.0 Å². The molecule has 0 amide bonds. The predicted molar refractivity (Wildman–Crippen MR) is 62.8 cm³/mol. The smallest absolute Gasteiger partial charge is 0.207 e. The highest BCUT2D eigenvalue weighted by Gasteiger charge is 2.14. The van der Waals surface area contributed by atoms with Gasteiger partial charge >= 0.3 is 0 Å². The minimum absolute atomic E-state index is 0.408. The molecule has 0 N–H and O–H groups in total. The summed E-state index contributed by atoms with van der Waals surface area (Å²) in [6.45, 7) is 5.96. The Morgan fingerprint density at radius 2 is 1.93 bits per heavy atom. The molecule has 0 aliphatic rings. The molecule has 15 heavy (non-hydrogen) atoms. The van der Waals surface area contributed by atoms with Crippen LogP contribution in [0.1, 0.15) is 22.5 Å². The average molecular weight is 264 g/mol. The molecule has 1 heterocycles. The van der Waals surface area contributed by atoms with E-state index in [0.717, 1.165) is 32.1 Å². The Kier molecular flexibility index (Phi) is 2.32. The highest BCUT2D eigenvalue weighted by atomic mass is 79.9. The highest BCUT2D eigenvalue weighted by Crippen LogP contribution is 2.34. The molecule has 0 bridgehead atoms. The van der Waals surface area contributed by atoms with E-state index in [4.69, 9.17) is 9.68 Å². The standard InChI is InChI=1S/C12H10BrNO/c1-6-4-9-11(8(3)12(6)13)7(2)10(5-14)15-9/h4H,1-3H3. The number of fused-ring (bicyclic) bond motifs is 1. The van der Waals surface area contributed by atoms with Gasteiger partial charge < -0.3 is 4.42 Å². The molecule has 0 radical (unpaired) electrons. The Morgan fingerprint density at radius 3 is 2.53 bits per heavy atom. The molecule has 0 saturated carbocycles. The van der Waals surface area contributed by atoms with Crippen LogP contribution in [0, 0.1) is 32.1 Å². The normalized spacial score (nSPS) is 10.6. The summed E-state index contributed by atoms with van der Waals surface area (Å²) in [5.41, 5.74) is 3.97. The second-order valence-corrected chi connectivity index (χ2v) is 4.47. The van der Waals surface area contributed by atoms with Gasteiger partial charge in [-0.2, -0.15) is 5.26 Å². The van der Waals surface area contributed by atoms with Gasteiger partial charge in [0.25, 0.3) is 0 Å². The third-order valence-corrected chi connectivity index (χ3v) is 3.89. The van der Waals surface area contributed by atoms with Gasteiger partial charge in [0.1, 0.15) is 11.7 Å². The van der Waals surface area contributed by atoms with Crippen LogP contribution in [0.5, 0.6) is 0 Å². The van der Waals surface area contributed by atoms with E-state index in [9.17, 15) is 0 Å². The number of rotatable bonds is 0. The number of furan rings is 1. The lowest BCUT2D eigenvalue weighted by atomic mass is 10.0. The predicted octanol–water partition coefficient (Wildman–Crippen LogP) is 3.99. The molecular weight excluding hydrogens is 254 g/mol. The number of halogens is 1. The van der Waals surface area contributed by atoms with Crippen molar-refractivity contribution in [2.75, 3.05) is 0 Å². The summed E-state index contributed by atoms with van der Waals surface area (Å²) in [7, 11) is 0. The first kappa shape index (κ1) is 10.3. The molecule has 0 aliphatic carbocycles. The van der Waals surface area contributed by atoms with Crippen molar-refractivity contribution in [1.29, 1.82) is 5.26 Å². The zero-order chi connectivity index (χ0) is 11.2. The van der Waals surface area contributed by atoms with Crippen molar-refractivity contribution in [3.63, 3.8) is 0 Å². The first-order valence-corrected chi connectivity index (χ1v) is 5.44. The van der Waals surface area contributed by atoms with Gasteiger partial charge in [0.15, 0.2) is 0 Å². The largest absolute Gasteiger partial charge is 0.445 e. The Bertz CT molecular complexity index is 590. The van der Waals surface area contributed by atoms with Gasteiger partial charge in [0.05, 0.1) is 0 Å². The lowest BCUT2D eigenvalue weighted by Crippen LogP contribution is -1.84. The third-order valence-electron chi connectivity index (χ3n) is 2.67. The highest BCUT2D eigenvalue weighted by molar-refractivity contribution is 9.10. The summed E-state index contributed by atoms with van der Waals surface area (Å²) in [5.74, 6) is 0.408. The van der Waals surface area contributed by atoms with Crippen LogP contribution in [-0.2, 0) is 0 Å². The lowest BCUT2D eigenvalue weighted by molar-refractivity contribution is 0.596. The molecule has 2 rings (SSSR count). The van der Waals surface area contributed by atoms with Gasteiger partial charge in [0, 0.05) is 15.4 Å². The fourth-order valence-electron chi connectivity index (χ4n) is 1.88. The van der Waals surface area contributed by atoms with E-state index in [1.165, 1.54) is 0 Å². The van der Waals surface area contributed by atoms with Gasteiger partial charge in [-0.25, -0.2) is 0 Å². The van der Waals surface area contributed by atoms with Gasteiger partial charge in [-0.3, -0.25) is 0 Å². The first-order valence-electron chi connectivity index (χ1n) is 4.65. The summed E-state index contributed by atoms with van der Waals surface area (Å²) in [4.78, 5) is 0. The van der Waals surface area contributed by atoms with Crippen molar-refractivity contribution in [3.05, 3.63) is 33.0 Å². The molecule has 2 nitrogen and oxygen atoms in total. The maximum atomic E-state index is 8.89. The van der Waals surface area contributed by atoms with E-state index >= 15 is 0 Å². The number of benzene rings is 1. The van der Waals surface area contributed by atoms with Crippen molar-refractivity contribution >= 4 is 26.9 Å². The van der Waals surface area contributed by atoms with Crippen molar-refractivity contribution in [2.24, 2.45) is 0 Å². The minimum atomic E-state index is 0.408. The van der Waals surface area contributed by atoms with Gasteiger partial charge in [-0.1, -0.05) is 15.9 Å². The SMILES string of the molecule is Cc1cc2oc(C#N)c(C)c2c(C)c1Br. The maximum Gasteiger partial charge on any atom is 0.207 e. The van der Waals surface area contributed by atoms with Crippen LogP contribution in [0.15, 0.2) is 15.0 Å². The molecule has 76 valence electrons. The fraction of sp³-hybridized carbons (Fsp3) is 0.250. The summed E-state index contributed by atoms with van der Waals surface area (Å²) < 4.78 is 6.57. The Labute approximate surface area is 96.6 Å². The van der Waals surface area contributed by atoms with E-state index in [1.807, 2.05) is 26.8 Å². The molecule has 0 aliphatic heterocycles. The summed E-state index contributed by atoms with van der Waals surface area (Å²) >= 11 is 3.54. The first-order chi connectivity index (χ1) is 7.06. The Balaban J connectivity index is 2.98. The zero-order valence-electron chi connectivity index (χ0n) is 8.81. The van der Waals surface area contributed by atoms with Crippen LogP contribution >= 0.6 is 15.9 Å². The second kappa shape index (κ2) is 3.39. The van der Waals surface area contributed by atoms with Crippen LogP contribution in [-0.4, -0.2) is 0 Å².